The molecule has 4 amide bonds. The van der Waals surface area contributed by atoms with Crippen LogP contribution < -0.4 is 26.0 Å². The van der Waals surface area contributed by atoms with Gasteiger partial charge in [-0.2, -0.15) is 0 Å². The number of benzene rings is 4. The normalized spacial score (nSPS) is 19.2. The number of pyridine rings is 1. The first-order valence-corrected chi connectivity index (χ1v) is 19.0. The van der Waals surface area contributed by atoms with Gasteiger partial charge in [0, 0.05) is 48.8 Å². The second-order valence-corrected chi connectivity index (χ2v) is 14.3. The molecule has 13 nitrogen and oxygen atoms in total. The zero-order valence-electron chi connectivity index (χ0n) is 31.9. The average molecular weight is 791 g/mol. The van der Waals surface area contributed by atoms with Crippen LogP contribution in [0.2, 0.25) is 0 Å². The molecule has 0 aliphatic carbocycles. The highest BCUT2D eigenvalue weighted by atomic mass is 16.5. The van der Waals surface area contributed by atoms with E-state index in [-0.39, 0.29) is 24.8 Å². The van der Waals surface area contributed by atoms with Crippen molar-refractivity contribution in [1.82, 2.24) is 31.2 Å². The Bertz CT molecular complexity index is 2470. The van der Waals surface area contributed by atoms with Gasteiger partial charge in [0.05, 0.1) is 0 Å². The molecule has 13 heteroatoms. The number of carboxylic acids is 1. The molecule has 6 aromatic rings. The minimum atomic E-state index is -1.36. The molecule has 0 saturated carbocycles. The number of nitrogens with zero attached hydrogens (tertiary/aromatic N) is 1. The summed E-state index contributed by atoms with van der Waals surface area (Å²) in [5.74, 6) is -3.79. The number of carboxylic acid groups (broad SMARTS) is 1. The summed E-state index contributed by atoms with van der Waals surface area (Å²) >= 11 is 0. The Kier molecular flexibility index (Phi) is 12.2. The van der Waals surface area contributed by atoms with Crippen LogP contribution in [-0.4, -0.2) is 75.4 Å². The highest BCUT2D eigenvalue weighted by molar-refractivity contribution is 6.01. The van der Waals surface area contributed by atoms with Crippen LogP contribution >= 0.6 is 0 Å². The van der Waals surface area contributed by atoms with E-state index < -0.39 is 60.4 Å². The van der Waals surface area contributed by atoms with Crippen molar-refractivity contribution in [3.63, 3.8) is 0 Å². The summed E-state index contributed by atoms with van der Waals surface area (Å²) in [5, 5.41) is 22.1. The molecule has 8 rings (SSSR count). The lowest BCUT2D eigenvalue weighted by Crippen LogP contribution is -2.59. The molecule has 0 radical (unpaired) electrons. The van der Waals surface area contributed by atoms with Crippen LogP contribution in [-0.2, 0) is 43.2 Å². The molecule has 2 aromatic heterocycles. The third-order valence-electron chi connectivity index (χ3n) is 10.2. The van der Waals surface area contributed by atoms with E-state index in [2.05, 4.69) is 37.8 Å². The van der Waals surface area contributed by atoms with Crippen molar-refractivity contribution in [2.75, 3.05) is 6.61 Å². The van der Waals surface area contributed by atoms with Crippen molar-refractivity contribution in [1.29, 1.82) is 0 Å². The number of hydrogen-bond acceptors (Lipinski definition) is 7. The smallest absolute Gasteiger partial charge is 0.326 e. The molecule has 0 spiro atoms. The van der Waals surface area contributed by atoms with Crippen molar-refractivity contribution in [2.45, 2.75) is 43.4 Å². The summed E-state index contributed by atoms with van der Waals surface area (Å²) in [6.07, 6.45) is 4.70. The minimum Gasteiger partial charge on any atom is -0.484 e. The van der Waals surface area contributed by atoms with Crippen LogP contribution in [0.15, 0.2) is 140 Å². The number of aliphatic carboxylic acids is 1. The number of aromatic nitrogens is 2. The summed E-state index contributed by atoms with van der Waals surface area (Å²) in [6, 6.07) is 29.2. The highest BCUT2D eigenvalue weighted by Crippen LogP contribution is 2.23. The van der Waals surface area contributed by atoms with Gasteiger partial charge in [-0.05, 0) is 69.3 Å². The number of nitrogens with one attached hydrogen (secondary N) is 5. The monoisotopic (exact) mass is 790 g/mol. The Labute approximate surface area is 339 Å². The van der Waals surface area contributed by atoms with Gasteiger partial charge in [-0.1, -0.05) is 91.5 Å². The third-order valence-corrected chi connectivity index (χ3v) is 10.2. The topological polar surface area (TPSA) is 192 Å². The molecule has 2 aliphatic rings. The first-order chi connectivity index (χ1) is 28.6. The van der Waals surface area contributed by atoms with Gasteiger partial charge in [-0.3, -0.25) is 24.2 Å². The van der Waals surface area contributed by atoms with Crippen LogP contribution in [0.25, 0.3) is 27.6 Å². The molecule has 4 unspecified atom stereocenters. The number of hydrogen-bond donors (Lipinski definition) is 6. The zero-order valence-corrected chi connectivity index (χ0v) is 31.9. The van der Waals surface area contributed by atoms with E-state index in [4.69, 9.17) is 4.74 Å². The maximum absolute atomic E-state index is 14.6. The van der Waals surface area contributed by atoms with Crippen molar-refractivity contribution in [2.24, 2.45) is 0 Å². The quantitative estimate of drug-likeness (QED) is 0.122. The molecule has 298 valence electrons. The zero-order chi connectivity index (χ0) is 41.3. The Morgan fingerprint density at radius 1 is 0.712 bits per heavy atom. The van der Waals surface area contributed by atoms with Crippen LogP contribution in [0.4, 0.5) is 0 Å². The molecule has 6 N–H and O–H groups in total. The summed E-state index contributed by atoms with van der Waals surface area (Å²) in [5.41, 5.74) is 5.48. The molecule has 4 atom stereocenters. The fraction of sp³-hybridized carbons (Fsp3) is 0.174. The van der Waals surface area contributed by atoms with E-state index in [0.717, 1.165) is 22.0 Å². The van der Waals surface area contributed by atoms with E-state index in [1.807, 2.05) is 78.9 Å². The van der Waals surface area contributed by atoms with Crippen molar-refractivity contribution >= 4 is 46.1 Å². The van der Waals surface area contributed by atoms with E-state index in [0.29, 0.717) is 28.0 Å². The molecular weight excluding hydrogens is 749 g/mol. The van der Waals surface area contributed by atoms with E-state index >= 15 is 0 Å². The second kappa shape index (κ2) is 18.2. The van der Waals surface area contributed by atoms with Crippen molar-refractivity contribution in [3.05, 3.63) is 163 Å². The number of para-hydroxylation sites is 1. The summed E-state index contributed by atoms with van der Waals surface area (Å²) in [6.45, 7) is 3.67. The summed E-state index contributed by atoms with van der Waals surface area (Å²) < 4.78 is 5.71. The van der Waals surface area contributed by atoms with E-state index in [9.17, 15) is 29.1 Å². The number of fused-ring (bicyclic) bond motifs is 17. The Balaban J connectivity index is 1.26. The minimum absolute atomic E-state index is 0.00862. The van der Waals surface area contributed by atoms with Crippen LogP contribution in [0, 0.1) is 0 Å². The van der Waals surface area contributed by atoms with Gasteiger partial charge in [-0.25, -0.2) is 4.79 Å². The standard InChI is InChI=1S/C46H42N6O7/c1-28(31-19-21-47-22-20-31)42-45(56)50-38(23-29-11-15-33(16-12-29)32-7-3-2-4-8-32)43(54)49-39(25-34-26-48-37-10-6-5-9-36(34)37)44(55)51-40(46(57)58)24-30-13-17-35(18-14-30)59-27-41(53)52-42/h2-22,26,38-40,42,48H,1,23-25,27H2,(H,49,54)(H,50,56)(H,51,55)(H,52,53)(H,57,58). The van der Waals surface area contributed by atoms with Crippen LogP contribution in [0.5, 0.6) is 5.75 Å². The number of amides is 4. The molecule has 59 heavy (non-hydrogen) atoms. The molecular formula is C46H42N6O7. The maximum atomic E-state index is 14.6. The van der Waals surface area contributed by atoms with E-state index in [1.165, 1.54) is 12.4 Å². The number of aromatic amines is 1. The average Bonchev–Trinajstić information content (AvgIpc) is 3.67. The number of carbonyl (C=O) groups excluding carboxylic acids is 4. The number of rotatable bonds is 8. The van der Waals surface area contributed by atoms with Gasteiger partial charge in [-0.15, -0.1) is 0 Å². The first-order valence-electron chi connectivity index (χ1n) is 19.0. The lowest BCUT2D eigenvalue weighted by atomic mass is 9.97. The highest BCUT2D eigenvalue weighted by Gasteiger charge is 2.33. The van der Waals surface area contributed by atoms with E-state index in [1.54, 1.807) is 42.6 Å². The largest absolute Gasteiger partial charge is 0.484 e. The van der Waals surface area contributed by atoms with Gasteiger partial charge in [0.25, 0.3) is 5.91 Å². The number of carbonyl (C=O) groups is 5. The fourth-order valence-electron chi connectivity index (χ4n) is 6.99. The molecule has 4 heterocycles. The molecule has 4 aromatic carbocycles. The fourth-order valence-corrected chi connectivity index (χ4v) is 6.99. The predicted molar refractivity (Wildman–Crippen MR) is 222 cm³/mol. The Hall–Kier alpha value is -7.54. The molecule has 2 aliphatic heterocycles. The van der Waals surface area contributed by atoms with Crippen LogP contribution in [0.1, 0.15) is 22.3 Å². The van der Waals surface area contributed by atoms with Gasteiger partial charge >= 0.3 is 5.97 Å². The third kappa shape index (κ3) is 9.89. The maximum Gasteiger partial charge on any atom is 0.326 e. The first kappa shape index (κ1) is 39.7. The van der Waals surface area contributed by atoms with Gasteiger partial charge in [0.1, 0.15) is 29.9 Å². The molecule has 0 saturated heterocycles. The SMILES string of the molecule is C=C(c1ccncc1)C1NC(=O)COc2ccc(cc2)CC(C(=O)O)NC(=O)C(Cc2c[nH]c3ccccc23)NC(=O)C(Cc2ccc(-c3ccccc3)cc2)NC1=O. The predicted octanol–water partition coefficient (Wildman–Crippen LogP) is 4.39. The Morgan fingerprint density at radius 3 is 2.08 bits per heavy atom. The van der Waals surface area contributed by atoms with Crippen molar-refractivity contribution in [3.8, 4) is 16.9 Å². The second-order valence-electron chi connectivity index (χ2n) is 14.3. The number of ether oxygens (including phenoxy) is 1. The lowest BCUT2D eigenvalue weighted by molar-refractivity contribution is -0.142. The summed E-state index contributed by atoms with van der Waals surface area (Å²) in [4.78, 5) is 76.3. The Morgan fingerprint density at radius 2 is 1.36 bits per heavy atom. The van der Waals surface area contributed by atoms with Gasteiger partial charge in [0.2, 0.25) is 17.7 Å². The molecule has 2 bridgehead atoms. The van der Waals surface area contributed by atoms with Crippen molar-refractivity contribution < 1.29 is 33.8 Å². The lowest BCUT2D eigenvalue weighted by Gasteiger charge is -2.27. The molecule has 0 fully saturated rings. The van der Waals surface area contributed by atoms with Gasteiger partial charge in [0.15, 0.2) is 6.61 Å². The van der Waals surface area contributed by atoms with Crippen LogP contribution in [0.3, 0.4) is 0 Å². The number of H-pyrrole nitrogens is 1. The van der Waals surface area contributed by atoms with Gasteiger partial charge < -0.3 is 36.1 Å². The summed E-state index contributed by atoms with van der Waals surface area (Å²) in [7, 11) is 0.